The molecule has 0 aromatic heterocycles. The second-order valence-electron chi connectivity index (χ2n) is 1.69. The van der Waals surface area contributed by atoms with Crippen molar-refractivity contribution >= 4 is 16.1 Å². The van der Waals surface area contributed by atoms with Crippen LogP contribution >= 0.6 is 16.1 Å². The maximum atomic E-state index is 10.8. The topological polar surface area (TPSA) is 43.4 Å². The van der Waals surface area contributed by atoms with E-state index in [9.17, 15) is 9.13 Å². The lowest BCUT2D eigenvalue weighted by Crippen LogP contribution is -1.73. The van der Waals surface area contributed by atoms with E-state index in [1.165, 1.54) is 12.2 Å². The summed E-state index contributed by atoms with van der Waals surface area (Å²) in [4.78, 5) is 0. The van der Waals surface area contributed by atoms with E-state index in [1.807, 2.05) is 0 Å². The minimum Gasteiger partial charge on any atom is -0.0988 e. The molecule has 2 atom stereocenters. The molecule has 11 heavy (non-hydrogen) atoms. The number of allylic oxidation sites excluding steroid dienone is 2. The molecule has 0 rings (SSSR count). The quantitative estimate of drug-likeness (QED) is 0.480. The van der Waals surface area contributed by atoms with Crippen LogP contribution in [-0.4, -0.2) is 12.3 Å². The van der Waals surface area contributed by atoms with Crippen LogP contribution in [0.5, 0.6) is 0 Å². The Bertz CT molecular complexity index is 168. The van der Waals surface area contributed by atoms with Crippen molar-refractivity contribution in [2.24, 2.45) is 0 Å². The Kier molecular flexibility index (Phi) is 6.15. The van der Waals surface area contributed by atoms with Crippen LogP contribution in [-0.2, 0) is 13.4 Å². The lowest BCUT2D eigenvalue weighted by Gasteiger charge is -1.70. The molecule has 0 aromatic rings. The highest BCUT2D eigenvalue weighted by molar-refractivity contribution is 7.53. The first-order valence-corrected chi connectivity index (χ1v) is 5.72. The Morgan fingerprint density at radius 1 is 1.09 bits per heavy atom. The fourth-order valence-electron chi connectivity index (χ4n) is 0.379. The van der Waals surface area contributed by atoms with Crippen molar-refractivity contribution in [2.75, 3.05) is 12.3 Å². The van der Waals surface area contributed by atoms with Crippen molar-refractivity contribution in [1.82, 2.24) is 0 Å². The first-order valence-electron chi connectivity index (χ1n) is 3.00. The summed E-state index contributed by atoms with van der Waals surface area (Å²) in [6.07, 6.45) is 3.42. The Morgan fingerprint density at radius 2 is 1.45 bits per heavy atom. The normalized spacial score (nSPS) is 12.0. The molecule has 0 aliphatic heterocycles. The molecule has 0 aliphatic carbocycles. The Morgan fingerprint density at radius 3 is 1.73 bits per heavy atom. The largest absolute Gasteiger partial charge is 0.565 e. The lowest BCUT2D eigenvalue weighted by atomic mass is 10.8. The van der Waals surface area contributed by atoms with Gasteiger partial charge in [-0.25, -0.2) is 0 Å². The van der Waals surface area contributed by atoms with E-state index in [1.54, 1.807) is 0 Å². The molecule has 0 bridgehead atoms. The van der Waals surface area contributed by atoms with E-state index < -0.39 is 16.1 Å². The van der Waals surface area contributed by atoms with Gasteiger partial charge in [0.25, 0.3) is 0 Å². The third kappa shape index (κ3) is 6.05. The van der Waals surface area contributed by atoms with Crippen LogP contribution in [0.4, 0.5) is 0 Å². The summed E-state index contributed by atoms with van der Waals surface area (Å²) in [6.45, 7) is 6.75. The fraction of sp³-hybridized carbons (Fsp3) is 0.333. The van der Waals surface area contributed by atoms with Crippen molar-refractivity contribution in [3.8, 4) is 0 Å². The standard InChI is InChI=1S/C6H10O3P2/c1-3-5-10(7)9-11(8)6-4-2/h3-4H,1-2,5-6H2/q+2. The van der Waals surface area contributed by atoms with Crippen molar-refractivity contribution in [3.63, 3.8) is 0 Å². The molecule has 5 heteroatoms. The lowest BCUT2D eigenvalue weighted by molar-refractivity contribution is 0.492. The molecule has 0 aliphatic rings. The maximum Gasteiger partial charge on any atom is 0.565 e. The highest BCUT2D eigenvalue weighted by Crippen LogP contribution is 2.37. The molecular weight excluding hydrogens is 182 g/mol. The van der Waals surface area contributed by atoms with Crippen LogP contribution < -0.4 is 0 Å². The monoisotopic (exact) mass is 192 g/mol. The van der Waals surface area contributed by atoms with E-state index in [4.69, 9.17) is 0 Å². The Hall–Kier alpha value is -0.360. The molecule has 0 fully saturated rings. The van der Waals surface area contributed by atoms with Gasteiger partial charge < -0.3 is 0 Å². The van der Waals surface area contributed by atoms with E-state index in [0.717, 1.165) is 0 Å². The zero-order valence-electron chi connectivity index (χ0n) is 6.10. The van der Waals surface area contributed by atoms with Crippen LogP contribution in [0.25, 0.3) is 0 Å². The number of hydrogen-bond donors (Lipinski definition) is 0. The highest BCUT2D eigenvalue weighted by Gasteiger charge is 2.31. The average Bonchev–Trinajstić information content (AvgIpc) is 1.87. The molecule has 3 nitrogen and oxygen atoms in total. The highest BCUT2D eigenvalue weighted by atomic mass is 31.2. The van der Waals surface area contributed by atoms with E-state index >= 15 is 0 Å². The van der Waals surface area contributed by atoms with Gasteiger partial charge in [-0.15, -0.1) is 0 Å². The fourth-order valence-corrected chi connectivity index (χ4v) is 2.15. The molecule has 0 amide bonds. The Labute approximate surface area is 67.9 Å². The van der Waals surface area contributed by atoms with Gasteiger partial charge in [0.15, 0.2) is 12.3 Å². The van der Waals surface area contributed by atoms with Gasteiger partial charge >= 0.3 is 16.1 Å². The smallest absolute Gasteiger partial charge is 0.0988 e. The summed E-state index contributed by atoms with van der Waals surface area (Å²) in [5, 5.41) is 0. The van der Waals surface area contributed by atoms with Gasteiger partial charge in [-0.05, 0) is 21.3 Å². The van der Waals surface area contributed by atoms with Crippen LogP contribution in [0.1, 0.15) is 0 Å². The van der Waals surface area contributed by atoms with Crippen LogP contribution in [0.3, 0.4) is 0 Å². The molecule has 60 valence electrons. The molecule has 0 heterocycles. The summed E-state index contributed by atoms with van der Waals surface area (Å²) in [5.74, 6) is 0. The summed E-state index contributed by atoms with van der Waals surface area (Å²) in [5.41, 5.74) is 0. The van der Waals surface area contributed by atoms with Crippen LogP contribution in [0.15, 0.2) is 25.3 Å². The number of rotatable bonds is 6. The molecule has 0 N–H and O–H groups in total. The molecule has 0 aromatic carbocycles. The average molecular weight is 192 g/mol. The second-order valence-corrected chi connectivity index (χ2v) is 4.40. The van der Waals surface area contributed by atoms with Crippen molar-refractivity contribution in [2.45, 2.75) is 0 Å². The zero-order chi connectivity index (χ0) is 8.69. The third-order valence-corrected chi connectivity index (χ3v) is 3.31. The minimum atomic E-state index is -1.83. The van der Waals surface area contributed by atoms with E-state index in [2.05, 4.69) is 17.5 Å². The molecule has 0 spiro atoms. The molecular formula is C6H10O3P2+2. The van der Waals surface area contributed by atoms with Gasteiger partial charge in [-0.3, -0.25) is 0 Å². The molecule has 0 saturated carbocycles. The number of hydrogen-bond acceptors (Lipinski definition) is 3. The molecule has 0 saturated heterocycles. The van der Waals surface area contributed by atoms with Gasteiger partial charge in [0.1, 0.15) is 4.31 Å². The summed E-state index contributed by atoms with van der Waals surface area (Å²) in [6, 6.07) is 0. The minimum absolute atomic E-state index is 0.244. The SMILES string of the molecule is C=CC[P+](=O)O[P+](=O)CC=C. The summed E-state index contributed by atoms with van der Waals surface area (Å²) >= 11 is 0. The van der Waals surface area contributed by atoms with Crippen LogP contribution in [0, 0.1) is 0 Å². The third-order valence-electron chi connectivity index (χ3n) is 0.738. The predicted octanol–water partition coefficient (Wildman–Crippen LogP) is 2.86. The Balaban J connectivity index is 3.65. The molecule has 2 unspecified atom stereocenters. The van der Waals surface area contributed by atoms with E-state index in [0.29, 0.717) is 0 Å². The molecule has 0 radical (unpaired) electrons. The maximum absolute atomic E-state index is 10.8. The van der Waals surface area contributed by atoms with Gasteiger partial charge in [0.05, 0.1) is 0 Å². The van der Waals surface area contributed by atoms with E-state index in [-0.39, 0.29) is 12.3 Å². The second kappa shape index (κ2) is 6.36. The first kappa shape index (κ1) is 10.6. The summed E-state index contributed by atoms with van der Waals surface area (Å²) < 4.78 is 26.1. The van der Waals surface area contributed by atoms with Crippen molar-refractivity contribution in [3.05, 3.63) is 25.3 Å². The van der Waals surface area contributed by atoms with Gasteiger partial charge in [-0.2, -0.15) is 0 Å². The van der Waals surface area contributed by atoms with Crippen LogP contribution in [0.2, 0.25) is 0 Å². The predicted molar refractivity (Wildman–Crippen MR) is 46.4 cm³/mol. The van der Waals surface area contributed by atoms with Crippen molar-refractivity contribution in [1.29, 1.82) is 0 Å². The first-order chi connectivity index (χ1) is 5.20. The van der Waals surface area contributed by atoms with Gasteiger partial charge in [0, 0.05) is 0 Å². The summed E-state index contributed by atoms with van der Waals surface area (Å²) in [7, 11) is -3.66. The van der Waals surface area contributed by atoms with Gasteiger partial charge in [-0.1, -0.05) is 13.2 Å². The van der Waals surface area contributed by atoms with Crippen molar-refractivity contribution < 1.29 is 13.4 Å². The zero-order valence-corrected chi connectivity index (χ0v) is 7.89. The van der Waals surface area contributed by atoms with Gasteiger partial charge in [0.2, 0.25) is 0 Å².